The van der Waals surface area contributed by atoms with Crippen molar-refractivity contribution < 1.29 is 9.84 Å². The average Bonchev–Trinajstić information content (AvgIpc) is 2.51. The van der Waals surface area contributed by atoms with Crippen LogP contribution < -0.4 is 0 Å². The molecule has 1 atom stereocenters. The van der Waals surface area contributed by atoms with Crippen LogP contribution in [0.1, 0.15) is 37.6 Å². The summed E-state index contributed by atoms with van der Waals surface area (Å²) in [4.78, 5) is 4.39. The third-order valence-electron chi connectivity index (χ3n) is 1.83. The van der Waals surface area contributed by atoms with Crippen LogP contribution >= 0.6 is 11.3 Å². The summed E-state index contributed by atoms with van der Waals surface area (Å²) in [6, 6.07) is 0. The van der Waals surface area contributed by atoms with Crippen LogP contribution in [-0.4, -0.2) is 23.8 Å². The maximum atomic E-state index is 9.62. The molecule has 1 rings (SSSR count). The molecule has 14 heavy (non-hydrogen) atoms. The molecule has 0 saturated heterocycles. The first-order chi connectivity index (χ1) is 6.45. The Hall–Kier alpha value is -0.450. The molecule has 0 bridgehead atoms. The van der Waals surface area contributed by atoms with Gasteiger partial charge in [0.2, 0.25) is 0 Å². The normalized spacial score (nSPS) is 14.4. The lowest BCUT2D eigenvalue weighted by molar-refractivity contribution is 0.0619. The molecular weight excluding hydrogens is 198 g/mol. The predicted molar refractivity (Wildman–Crippen MR) is 57.6 cm³/mol. The van der Waals surface area contributed by atoms with Gasteiger partial charge in [-0.3, -0.25) is 0 Å². The molecule has 0 amide bonds. The third kappa shape index (κ3) is 2.77. The molecule has 0 spiro atoms. The summed E-state index contributed by atoms with van der Waals surface area (Å²) < 4.78 is 4.87. The zero-order valence-corrected chi connectivity index (χ0v) is 9.89. The second-order valence-corrected chi connectivity index (χ2v) is 5.16. The largest absolute Gasteiger partial charge is 0.384 e. The number of aromatic nitrogens is 1. The summed E-state index contributed by atoms with van der Waals surface area (Å²) in [6.07, 6.45) is -0.604. The molecule has 0 aliphatic heterocycles. The highest BCUT2D eigenvalue weighted by Crippen LogP contribution is 2.27. The van der Waals surface area contributed by atoms with E-state index in [0.29, 0.717) is 12.3 Å². The minimum Gasteiger partial charge on any atom is -0.384 e. The maximum Gasteiger partial charge on any atom is 0.120 e. The van der Waals surface area contributed by atoms with Gasteiger partial charge in [0.1, 0.15) is 6.10 Å². The zero-order chi connectivity index (χ0) is 10.8. The van der Waals surface area contributed by atoms with E-state index in [1.54, 1.807) is 18.4 Å². The van der Waals surface area contributed by atoms with Gasteiger partial charge < -0.3 is 9.84 Å². The van der Waals surface area contributed by atoms with Crippen molar-refractivity contribution in [2.24, 2.45) is 0 Å². The first kappa shape index (κ1) is 11.6. The molecule has 1 N–H and O–H groups in total. The van der Waals surface area contributed by atoms with Gasteiger partial charge in [-0.25, -0.2) is 4.98 Å². The fourth-order valence-electron chi connectivity index (χ4n) is 1.03. The molecule has 1 aromatic rings. The molecule has 4 heteroatoms. The van der Waals surface area contributed by atoms with Crippen LogP contribution in [0, 0.1) is 0 Å². The number of thiazole rings is 1. The van der Waals surface area contributed by atoms with Crippen LogP contribution in [0.3, 0.4) is 0 Å². The van der Waals surface area contributed by atoms with Crippen molar-refractivity contribution in [2.75, 3.05) is 13.7 Å². The summed E-state index contributed by atoms with van der Waals surface area (Å²) in [7, 11) is 1.57. The summed E-state index contributed by atoms with van der Waals surface area (Å²) >= 11 is 1.58. The first-order valence-corrected chi connectivity index (χ1v) is 5.46. The van der Waals surface area contributed by atoms with E-state index in [0.717, 1.165) is 5.01 Å². The van der Waals surface area contributed by atoms with E-state index < -0.39 is 6.10 Å². The van der Waals surface area contributed by atoms with Crippen molar-refractivity contribution >= 4 is 11.3 Å². The number of ether oxygens (including phenoxy) is 1. The molecule has 80 valence electrons. The standard InChI is InChI=1S/C10H17NO2S/c1-10(2,3)9-11-7(6-14-9)8(12)5-13-4/h6,8,12H,5H2,1-4H3. The summed E-state index contributed by atoms with van der Waals surface area (Å²) in [5, 5.41) is 12.6. The smallest absolute Gasteiger partial charge is 0.120 e. The van der Waals surface area contributed by atoms with Crippen molar-refractivity contribution in [1.29, 1.82) is 0 Å². The van der Waals surface area contributed by atoms with Crippen molar-refractivity contribution in [3.05, 3.63) is 16.1 Å². The van der Waals surface area contributed by atoms with E-state index >= 15 is 0 Å². The van der Waals surface area contributed by atoms with Gasteiger partial charge in [-0.1, -0.05) is 20.8 Å². The monoisotopic (exact) mass is 215 g/mol. The van der Waals surface area contributed by atoms with Crippen molar-refractivity contribution in [2.45, 2.75) is 32.3 Å². The van der Waals surface area contributed by atoms with Crippen molar-refractivity contribution in [3.8, 4) is 0 Å². The molecule has 1 heterocycles. The number of nitrogens with zero attached hydrogens (tertiary/aromatic N) is 1. The number of hydrogen-bond donors (Lipinski definition) is 1. The SMILES string of the molecule is COCC(O)c1csc(C(C)(C)C)n1. The quantitative estimate of drug-likeness (QED) is 0.839. The highest BCUT2D eigenvalue weighted by molar-refractivity contribution is 7.09. The fraction of sp³-hybridized carbons (Fsp3) is 0.700. The molecule has 0 radical (unpaired) electrons. The molecule has 0 fully saturated rings. The third-order valence-corrected chi connectivity index (χ3v) is 3.12. The zero-order valence-electron chi connectivity index (χ0n) is 9.07. The molecule has 0 aliphatic rings. The molecular formula is C10H17NO2S. The number of rotatable bonds is 3. The fourth-order valence-corrected chi connectivity index (χ4v) is 1.98. The van der Waals surface area contributed by atoms with Gasteiger partial charge in [0, 0.05) is 17.9 Å². The minimum atomic E-state index is -0.604. The number of methoxy groups -OCH3 is 1. The van der Waals surface area contributed by atoms with Crippen LogP contribution in [0.15, 0.2) is 5.38 Å². The molecule has 1 aromatic heterocycles. The molecule has 0 aromatic carbocycles. The first-order valence-electron chi connectivity index (χ1n) is 4.58. The van der Waals surface area contributed by atoms with Gasteiger partial charge in [0.15, 0.2) is 0 Å². The Kier molecular flexibility index (Phi) is 3.64. The highest BCUT2D eigenvalue weighted by atomic mass is 32.1. The van der Waals surface area contributed by atoms with E-state index in [-0.39, 0.29) is 5.41 Å². The minimum absolute atomic E-state index is 0.0513. The second-order valence-electron chi connectivity index (χ2n) is 4.30. The number of hydrogen-bond acceptors (Lipinski definition) is 4. The van der Waals surface area contributed by atoms with Crippen molar-refractivity contribution in [1.82, 2.24) is 4.98 Å². The molecule has 0 saturated carbocycles. The Labute approximate surface area is 88.8 Å². The topological polar surface area (TPSA) is 42.4 Å². The second kappa shape index (κ2) is 4.38. The van der Waals surface area contributed by atoms with E-state index in [1.165, 1.54) is 0 Å². The van der Waals surface area contributed by atoms with Gasteiger partial charge in [0.25, 0.3) is 0 Å². The van der Waals surface area contributed by atoms with Crippen LogP contribution in [-0.2, 0) is 10.2 Å². The van der Waals surface area contributed by atoms with Crippen LogP contribution in [0.4, 0.5) is 0 Å². The van der Waals surface area contributed by atoms with E-state index in [9.17, 15) is 5.11 Å². The van der Waals surface area contributed by atoms with Gasteiger partial charge in [-0.15, -0.1) is 11.3 Å². The van der Waals surface area contributed by atoms with Crippen LogP contribution in [0.2, 0.25) is 0 Å². The highest BCUT2D eigenvalue weighted by Gasteiger charge is 2.20. The Morgan fingerprint density at radius 1 is 1.57 bits per heavy atom. The van der Waals surface area contributed by atoms with Crippen molar-refractivity contribution in [3.63, 3.8) is 0 Å². The Morgan fingerprint density at radius 2 is 2.21 bits per heavy atom. The molecule has 3 nitrogen and oxygen atoms in total. The van der Waals surface area contributed by atoms with Crippen LogP contribution in [0.5, 0.6) is 0 Å². The molecule has 0 aliphatic carbocycles. The maximum absolute atomic E-state index is 9.62. The lowest BCUT2D eigenvalue weighted by Crippen LogP contribution is -2.12. The number of aliphatic hydroxyl groups is 1. The lowest BCUT2D eigenvalue weighted by atomic mass is 9.98. The number of aliphatic hydroxyl groups excluding tert-OH is 1. The van der Waals surface area contributed by atoms with Gasteiger partial charge in [0.05, 0.1) is 17.3 Å². The van der Waals surface area contributed by atoms with Gasteiger partial charge >= 0.3 is 0 Å². The molecule has 1 unspecified atom stereocenters. The lowest BCUT2D eigenvalue weighted by Gasteiger charge is -2.14. The van der Waals surface area contributed by atoms with Gasteiger partial charge in [-0.05, 0) is 0 Å². The summed E-state index contributed by atoms with van der Waals surface area (Å²) in [5.41, 5.74) is 0.761. The van der Waals surface area contributed by atoms with E-state index in [2.05, 4.69) is 25.8 Å². The summed E-state index contributed by atoms with van der Waals surface area (Å²) in [6.45, 7) is 6.63. The summed E-state index contributed by atoms with van der Waals surface area (Å²) in [5.74, 6) is 0. The Morgan fingerprint density at radius 3 is 2.64 bits per heavy atom. The van der Waals surface area contributed by atoms with E-state index in [1.807, 2.05) is 5.38 Å². The van der Waals surface area contributed by atoms with E-state index in [4.69, 9.17) is 4.74 Å². The average molecular weight is 215 g/mol. The van der Waals surface area contributed by atoms with Gasteiger partial charge in [-0.2, -0.15) is 0 Å². The Balaban J connectivity index is 2.78. The Bertz CT molecular complexity index is 291. The van der Waals surface area contributed by atoms with Crippen LogP contribution in [0.25, 0.3) is 0 Å². The predicted octanol–water partition coefficient (Wildman–Crippen LogP) is 2.12.